The summed E-state index contributed by atoms with van der Waals surface area (Å²) in [5.41, 5.74) is -0.329. The van der Waals surface area contributed by atoms with E-state index in [-0.39, 0.29) is 29.1 Å². The van der Waals surface area contributed by atoms with Crippen molar-refractivity contribution in [3.63, 3.8) is 0 Å². The molecule has 1 N–H and O–H groups in total. The molecule has 1 atom stereocenters. The average molecular weight is 375 g/mol. The van der Waals surface area contributed by atoms with Gasteiger partial charge >= 0.3 is 5.97 Å². The van der Waals surface area contributed by atoms with E-state index in [1.54, 1.807) is 4.57 Å². The lowest BCUT2D eigenvalue weighted by Gasteiger charge is -2.53. The maximum atomic E-state index is 15.0. The van der Waals surface area contributed by atoms with Crippen LogP contribution < -0.4 is 15.1 Å². The molecule has 0 unspecified atom stereocenters. The van der Waals surface area contributed by atoms with Gasteiger partial charge in [0.15, 0.2) is 11.6 Å². The molecule has 0 amide bonds. The van der Waals surface area contributed by atoms with Gasteiger partial charge in [-0.25, -0.2) is 9.18 Å². The van der Waals surface area contributed by atoms with Crippen LogP contribution in [0.1, 0.15) is 30.2 Å². The monoisotopic (exact) mass is 375 g/mol. The molecule has 1 fully saturated rings. The molecule has 2 aliphatic rings. The van der Waals surface area contributed by atoms with E-state index in [0.29, 0.717) is 30.0 Å². The van der Waals surface area contributed by atoms with Crippen molar-refractivity contribution in [3.8, 4) is 5.75 Å². The Morgan fingerprint density at radius 2 is 2.07 bits per heavy atom. The number of aromatic carboxylic acids is 1. The Morgan fingerprint density at radius 3 is 2.67 bits per heavy atom. The van der Waals surface area contributed by atoms with E-state index >= 15 is 4.39 Å². The second-order valence-electron chi connectivity index (χ2n) is 7.92. The number of aromatic nitrogens is 1. The quantitative estimate of drug-likeness (QED) is 0.884. The molecule has 8 heteroatoms. The summed E-state index contributed by atoms with van der Waals surface area (Å²) in [7, 11) is 3.97. The van der Waals surface area contributed by atoms with E-state index in [4.69, 9.17) is 4.74 Å². The van der Waals surface area contributed by atoms with Crippen molar-refractivity contribution in [1.29, 1.82) is 0 Å². The summed E-state index contributed by atoms with van der Waals surface area (Å²) in [4.78, 5) is 28.0. The molecule has 0 saturated carbocycles. The van der Waals surface area contributed by atoms with Crippen molar-refractivity contribution in [2.45, 2.75) is 25.4 Å². The van der Waals surface area contributed by atoms with Gasteiger partial charge in [0.25, 0.3) is 0 Å². The van der Waals surface area contributed by atoms with Crippen molar-refractivity contribution >= 4 is 22.6 Å². The Morgan fingerprint density at radius 1 is 1.41 bits per heavy atom. The van der Waals surface area contributed by atoms with E-state index in [1.165, 1.54) is 6.20 Å². The van der Waals surface area contributed by atoms with Crippen LogP contribution in [0.5, 0.6) is 5.75 Å². The van der Waals surface area contributed by atoms with E-state index in [2.05, 4.69) is 11.8 Å². The Hall–Kier alpha value is -2.61. The normalized spacial score (nSPS) is 20.5. The van der Waals surface area contributed by atoms with Crippen molar-refractivity contribution in [2.24, 2.45) is 0 Å². The number of carboxylic acid groups (broad SMARTS) is 1. The molecule has 2 aromatic rings. The number of ether oxygens (including phenoxy) is 1. The molecule has 0 radical (unpaired) electrons. The molecule has 0 bridgehead atoms. The number of halogens is 1. The molecule has 3 heterocycles. The molecular weight excluding hydrogens is 353 g/mol. The molecule has 7 nitrogen and oxygen atoms in total. The van der Waals surface area contributed by atoms with E-state index in [0.717, 1.165) is 6.07 Å². The number of carboxylic acids is 1. The summed E-state index contributed by atoms with van der Waals surface area (Å²) >= 11 is 0. The highest BCUT2D eigenvalue weighted by atomic mass is 19.1. The molecule has 4 rings (SSSR count). The third kappa shape index (κ3) is 2.43. The van der Waals surface area contributed by atoms with Gasteiger partial charge in [0, 0.05) is 19.3 Å². The first-order valence-corrected chi connectivity index (χ1v) is 8.84. The Bertz CT molecular complexity index is 1020. The van der Waals surface area contributed by atoms with Gasteiger partial charge in [-0.3, -0.25) is 4.79 Å². The van der Waals surface area contributed by atoms with Crippen molar-refractivity contribution in [2.75, 3.05) is 38.7 Å². The minimum atomic E-state index is -1.32. The fourth-order valence-corrected chi connectivity index (χ4v) is 3.88. The predicted octanol–water partition coefficient (Wildman–Crippen LogP) is 1.93. The lowest BCUT2D eigenvalue weighted by molar-refractivity contribution is 0.0694. The molecule has 2 aliphatic heterocycles. The number of hydrogen-bond acceptors (Lipinski definition) is 5. The van der Waals surface area contributed by atoms with Crippen LogP contribution in [0, 0.1) is 5.82 Å². The van der Waals surface area contributed by atoms with Crippen LogP contribution in [0.15, 0.2) is 17.1 Å². The first-order valence-electron chi connectivity index (χ1n) is 8.84. The zero-order chi connectivity index (χ0) is 19.7. The number of hydrogen-bond donors (Lipinski definition) is 1. The van der Waals surface area contributed by atoms with Crippen LogP contribution in [0.25, 0.3) is 10.9 Å². The molecule has 1 aromatic carbocycles. The Kier molecular flexibility index (Phi) is 3.75. The van der Waals surface area contributed by atoms with Crippen LogP contribution in [0.3, 0.4) is 0 Å². The summed E-state index contributed by atoms with van der Waals surface area (Å²) in [5.74, 6) is -1.57. The van der Waals surface area contributed by atoms with Gasteiger partial charge in [-0.1, -0.05) is 0 Å². The standard InChI is InChI=1S/C19H22FN3O4/c1-10-7-27-17-14-11(16(24)12(18(25)26)6-23(10)14)5-13(20)15(17)22-8-19(2,9-22)21(3)4/h5-6,10H,7-9H2,1-4H3,(H,25,26)/t10-/m1/s1. The van der Waals surface area contributed by atoms with E-state index in [1.807, 2.05) is 25.9 Å². The summed E-state index contributed by atoms with van der Waals surface area (Å²) in [6, 6.07) is 0.979. The first kappa shape index (κ1) is 17.8. The maximum absolute atomic E-state index is 15.0. The van der Waals surface area contributed by atoms with Gasteiger partial charge in [-0.15, -0.1) is 0 Å². The zero-order valence-electron chi connectivity index (χ0n) is 15.7. The SMILES string of the molecule is C[C@@H]1COc2c(N3CC(C)(N(C)C)C3)c(F)cc3c(=O)c(C(=O)O)cn1c23. The first-order chi connectivity index (χ1) is 12.6. The van der Waals surface area contributed by atoms with Gasteiger partial charge in [-0.2, -0.15) is 0 Å². The number of carbonyl (C=O) groups is 1. The molecule has 1 saturated heterocycles. The van der Waals surface area contributed by atoms with Crippen LogP contribution in [0.2, 0.25) is 0 Å². The summed E-state index contributed by atoms with van der Waals surface area (Å²) < 4.78 is 22.6. The number of anilines is 1. The molecular formula is C19H22FN3O4. The van der Waals surface area contributed by atoms with Crippen molar-refractivity contribution < 1.29 is 19.0 Å². The van der Waals surface area contributed by atoms with Crippen molar-refractivity contribution in [1.82, 2.24) is 9.47 Å². The third-order valence-corrected chi connectivity index (χ3v) is 5.83. The van der Waals surface area contributed by atoms with Gasteiger partial charge < -0.3 is 24.2 Å². The lowest BCUT2D eigenvalue weighted by Crippen LogP contribution is -2.67. The number of pyridine rings is 1. The fraction of sp³-hybridized carbons (Fsp3) is 0.474. The van der Waals surface area contributed by atoms with Gasteiger partial charge in [0.05, 0.1) is 22.5 Å². The fourth-order valence-electron chi connectivity index (χ4n) is 3.88. The van der Waals surface area contributed by atoms with Crippen LogP contribution in [-0.4, -0.2) is 59.9 Å². The van der Waals surface area contributed by atoms with Gasteiger partial charge in [-0.05, 0) is 34.0 Å². The predicted molar refractivity (Wildman–Crippen MR) is 99.6 cm³/mol. The second kappa shape index (κ2) is 5.69. The van der Waals surface area contributed by atoms with Crippen LogP contribution in [-0.2, 0) is 0 Å². The summed E-state index contributed by atoms with van der Waals surface area (Å²) in [6.07, 6.45) is 1.34. The average Bonchev–Trinajstić information content (AvgIpc) is 2.56. The highest BCUT2D eigenvalue weighted by molar-refractivity contribution is 5.97. The molecule has 0 aliphatic carbocycles. The third-order valence-electron chi connectivity index (χ3n) is 5.83. The van der Waals surface area contributed by atoms with E-state index < -0.39 is 17.2 Å². The Labute approximate surface area is 155 Å². The molecule has 144 valence electrons. The number of benzene rings is 1. The maximum Gasteiger partial charge on any atom is 0.341 e. The molecule has 1 aromatic heterocycles. The molecule has 0 spiro atoms. The van der Waals surface area contributed by atoms with Crippen LogP contribution >= 0.6 is 0 Å². The van der Waals surface area contributed by atoms with E-state index in [9.17, 15) is 14.7 Å². The minimum Gasteiger partial charge on any atom is -0.487 e. The number of nitrogens with zero attached hydrogens (tertiary/aromatic N) is 3. The van der Waals surface area contributed by atoms with Crippen molar-refractivity contribution in [3.05, 3.63) is 33.9 Å². The number of rotatable bonds is 3. The molecule has 27 heavy (non-hydrogen) atoms. The Balaban J connectivity index is 1.95. The second-order valence-corrected chi connectivity index (χ2v) is 7.92. The largest absolute Gasteiger partial charge is 0.487 e. The summed E-state index contributed by atoms with van der Waals surface area (Å²) in [5, 5.41) is 9.37. The summed E-state index contributed by atoms with van der Waals surface area (Å²) in [6.45, 7) is 5.51. The van der Waals surface area contributed by atoms with Crippen LogP contribution in [0.4, 0.5) is 10.1 Å². The smallest absolute Gasteiger partial charge is 0.341 e. The lowest BCUT2D eigenvalue weighted by atomic mass is 9.89. The number of likely N-dealkylation sites (N-methyl/N-ethyl adjacent to an activating group) is 1. The topological polar surface area (TPSA) is 75.0 Å². The highest BCUT2D eigenvalue weighted by Gasteiger charge is 2.43. The minimum absolute atomic E-state index is 0.0357. The van der Waals surface area contributed by atoms with Gasteiger partial charge in [0.1, 0.15) is 17.9 Å². The zero-order valence-corrected chi connectivity index (χ0v) is 15.7. The highest BCUT2D eigenvalue weighted by Crippen LogP contribution is 2.44. The van der Waals surface area contributed by atoms with Gasteiger partial charge in [0.2, 0.25) is 5.43 Å².